The Morgan fingerprint density at radius 2 is 1.86 bits per heavy atom. The van der Waals surface area contributed by atoms with Crippen molar-refractivity contribution < 1.29 is 9.59 Å². The van der Waals surface area contributed by atoms with Crippen LogP contribution in [0.1, 0.15) is 49.7 Å². The molecule has 2 N–H and O–H groups in total. The lowest BCUT2D eigenvalue weighted by molar-refractivity contribution is -0.120. The van der Waals surface area contributed by atoms with Crippen LogP contribution >= 0.6 is 0 Å². The van der Waals surface area contributed by atoms with Gasteiger partial charge in [0, 0.05) is 17.6 Å². The standard InChI is InChI=1S/C22H27N5O2/c1-13(2)25-20(28)12-23-22(29)17-10-19(16-9-7-6-8-15(16)5)26-21-18(17)11-24-27(21)14(3)4/h6-11,13-14H,12H2,1-5H3,(H,23,29)(H,25,28). The van der Waals surface area contributed by atoms with Gasteiger partial charge in [-0.25, -0.2) is 9.67 Å². The molecule has 0 fully saturated rings. The minimum Gasteiger partial charge on any atom is -0.352 e. The lowest BCUT2D eigenvalue weighted by Gasteiger charge is -2.13. The zero-order chi connectivity index (χ0) is 21.1. The first-order valence-electron chi connectivity index (χ1n) is 9.79. The Labute approximate surface area is 170 Å². The fourth-order valence-corrected chi connectivity index (χ4v) is 3.21. The Morgan fingerprint density at radius 3 is 2.52 bits per heavy atom. The van der Waals surface area contributed by atoms with Crippen LogP contribution in [0.2, 0.25) is 0 Å². The summed E-state index contributed by atoms with van der Waals surface area (Å²) in [5, 5.41) is 10.6. The molecule has 152 valence electrons. The largest absolute Gasteiger partial charge is 0.352 e. The molecule has 3 aromatic rings. The van der Waals surface area contributed by atoms with Gasteiger partial charge in [-0.2, -0.15) is 5.10 Å². The zero-order valence-corrected chi connectivity index (χ0v) is 17.5. The van der Waals surface area contributed by atoms with Crippen molar-refractivity contribution in [2.75, 3.05) is 6.54 Å². The third kappa shape index (κ3) is 4.45. The molecule has 0 saturated carbocycles. The molecule has 1 aromatic carbocycles. The topological polar surface area (TPSA) is 88.9 Å². The first-order valence-corrected chi connectivity index (χ1v) is 9.79. The number of aryl methyl sites for hydroxylation is 1. The van der Waals surface area contributed by atoms with Gasteiger partial charge in [-0.15, -0.1) is 0 Å². The molecular formula is C22H27N5O2. The average Bonchev–Trinajstić information content (AvgIpc) is 3.09. The number of aromatic nitrogens is 3. The maximum absolute atomic E-state index is 12.9. The average molecular weight is 393 g/mol. The summed E-state index contributed by atoms with van der Waals surface area (Å²) in [5.41, 5.74) is 3.83. The molecule has 7 heteroatoms. The SMILES string of the molecule is Cc1ccccc1-c1cc(C(=O)NCC(=O)NC(C)C)c2cnn(C(C)C)c2n1. The number of pyridine rings is 1. The molecule has 0 bridgehead atoms. The van der Waals surface area contributed by atoms with E-state index in [0.717, 1.165) is 11.1 Å². The van der Waals surface area contributed by atoms with Crippen LogP contribution in [0.15, 0.2) is 36.5 Å². The highest BCUT2D eigenvalue weighted by Gasteiger charge is 2.19. The monoisotopic (exact) mass is 393 g/mol. The third-order valence-electron chi connectivity index (χ3n) is 4.58. The second-order valence-electron chi connectivity index (χ2n) is 7.70. The number of fused-ring (bicyclic) bond motifs is 1. The molecule has 7 nitrogen and oxygen atoms in total. The van der Waals surface area contributed by atoms with Crippen molar-refractivity contribution in [1.29, 1.82) is 0 Å². The molecule has 0 aliphatic carbocycles. The highest BCUT2D eigenvalue weighted by Crippen LogP contribution is 2.28. The Morgan fingerprint density at radius 1 is 1.14 bits per heavy atom. The summed E-state index contributed by atoms with van der Waals surface area (Å²) in [5.74, 6) is -0.551. The molecule has 0 aliphatic rings. The fraction of sp³-hybridized carbons (Fsp3) is 0.364. The van der Waals surface area contributed by atoms with Gasteiger partial charge in [0.1, 0.15) is 0 Å². The molecule has 2 amide bonds. The van der Waals surface area contributed by atoms with Gasteiger partial charge < -0.3 is 10.6 Å². The molecule has 2 heterocycles. The number of hydrogen-bond donors (Lipinski definition) is 2. The first-order chi connectivity index (χ1) is 13.8. The number of nitrogens with one attached hydrogen (secondary N) is 2. The van der Waals surface area contributed by atoms with Crippen LogP contribution in [0.25, 0.3) is 22.3 Å². The van der Waals surface area contributed by atoms with Crippen LogP contribution in [0.3, 0.4) is 0 Å². The predicted molar refractivity (Wildman–Crippen MR) is 114 cm³/mol. The molecule has 29 heavy (non-hydrogen) atoms. The predicted octanol–water partition coefficient (Wildman–Crippen LogP) is 3.24. The van der Waals surface area contributed by atoms with Gasteiger partial charge in [0.25, 0.3) is 5.91 Å². The number of hydrogen-bond acceptors (Lipinski definition) is 4. The molecule has 0 spiro atoms. The quantitative estimate of drug-likeness (QED) is 0.673. The van der Waals surface area contributed by atoms with E-state index < -0.39 is 0 Å². The van der Waals surface area contributed by atoms with E-state index in [9.17, 15) is 9.59 Å². The first kappa shape index (κ1) is 20.5. The van der Waals surface area contributed by atoms with Crippen LogP contribution in [0.4, 0.5) is 0 Å². The molecule has 3 rings (SSSR count). The Hall–Kier alpha value is -3.22. The van der Waals surface area contributed by atoms with Gasteiger partial charge in [0.05, 0.1) is 29.4 Å². The molecule has 0 atom stereocenters. The summed E-state index contributed by atoms with van der Waals surface area (Å²) in [6.45, 7) is 9.71. The lowest BCUT2D eigenvalue weighted by atomic mass is 10.0. The summed E-state index contributed by atoms with van der Waals surface area (Å²) >= 11 is 0. The van der Waals surface area contributed by atoms with E-state index >= 15 is 0 Å². The van der Waals surface area contributed by atoms with E-state index in [2.05, 4.69) is 15.7 Å². The smallest absolute Gasteiger partial charge is 0.252 e. The summed E-state index contributed by atoms with van der Waals surface area (Å²) in [4.78, 5) is 29.7. The van der Waals surface area contributed by atoms with Crippen LogP contribution in [0.5, 0.6) is 0 Å². The van der Waals surface area contributed by atoms with Gasteiger partial charge in [0.2, 0.25) is 5.91 Å². The zero-order valence-electron chi connectivity index (χ0n) is 17.5. The van der Waals surface area contributed by atoms with Crippen molar-refractivity contribution in [3.8, 4) is 11.3 Å². The van der Waals surface area contributed by atoms with Crippen molar-refractivity contribution in [2.24, 2.45) is 0 Å². The van der Waals surface area contributed by atoms with Gasteiger partial charge >= 0.3 is 0 Å². The van der Waals surface area contributed by atoms with Crippen molar-refractivity contribution in [2.45, 2.75) is 46.7 Å². The molecule has 0 aliphatic heterocycles. The van der Waals surface area contributed by atoms with Crippen LogP contribution in [-0.2, 0) is 4.79 Å². The maximum atomic E-state index is 12.9. The third-order valence-corrected chi connectivity index (χ3v) is 4.58. The highest BCUT2D eigenvalue weighted by atomic mass is 16.2. The summed E-state index contributed by atoms with van der Waals surface area (Å²) < 4.78 is 1.80. The summed E-state index contributed by atoms with van der Waals surface area (Å²) in [6.07, 6.45) is 1.66. The number of amides is 2. The van der Waals surface area contributed by atoms with Crippen LogP contribution in [-0.4, -0.2) is 39.2 Å². The molecule has 0 saturated heterocycles. The minimum atomic E-state index is -0.325. The molecule has 2 aromatic heterocycles. The number of benzene rings is 1. The summed E-state index contributed by atoms with van der Waals surface area (Å²) in [6, 6.07) is 9.80. The number of rotatable bonds is 6. The Kier molecular flexibility index (Phi) is 5.96. The van der Waals surface area contributed by atoms with Gasteiger partial charge in [-0.05, 0) is 46.2 Å². The molecule has 0 radical (unpaired) electrons. The lowest BCUT2D eigenvalue weighted by Crippen LogP contribution is -2.39. The summed E-state index contributed by atoms with van der Waals surface area (Å²) in [7, 11) is 0. The molecule has 0 unspecified atom stereocenters. The Bertz CT molecular complexity index is 1050. The van der Waals surface area contributed by atoms with Gasteiger partial charge in [-0.1, -0.05) is 24.3 Å². The number of carbonyl (C=O) groups is 2. The normalized spacial score (nSPS) is 11.3. The van der Waals surface area contributed by atoms with Crippen molar-refractivity contribution >= 4 is 22.8 Å². The Balaban J connectivity index is 2.04. The number of nitrogens with zero attached hydrogens (tertiary/aromatic N) is 3. The van der Waals surface area contributed by atoms with E-state index in [1.807, 2.05) is 58.9 Å². The second-order valence-corrected chi connectivity index (χ2v) is 7.70. The maximum Gasteiger partial charge on any atom is 0.252 e. The van der Waals surface area contributed by atoms with Gasteiger partial charge in [0.15, 0.2) is 5.65 Å². The van der Waals surface area contributed by atoms with Crippen molar-refractivity contribution in [3.05, 3.63) is 47.7 Å². The minimum absolute atomic E-state index is 0.0176. The molecular weight excluding hydrogens is 366 g/mol. The van der Waals surface area contributed by atoms with E-state index in [0.29, 0.717) is 22.3 Å². The van der Waals surface area contributed by atoms with Crippen LogP contribution in [0, 0.1) is 6.92 Å². The van der Waals surface area contributed by atoms with E-state index in [1.54, 1.807) is 16.9 Å². The van der Waals surface area contributed by atoms with Crippen molar-refractivity contribution in [3.63, 3.8) is 0 Å². The van der Waals surface area contributed by atoms with Crippen LogP contribution < -0.4 is 10.6 Å². The van der Waals surface area contributed by atoms with E-state index in [4.69, 9.17) is 4.98 Å². The number of carbonyl (C=O) groups excluding carboxylic acids is 2. The van der Waals surface area contributed by atoms with E-state index in [1.165, 1.54) is 0 Å². The van der Waals surface area contributed by atoms with E-state index in [-0.39, 0.29) is 30.4 Å². The highest BCUT2D eigenvalue weighted by molar-refractivity contribution is 6.07. The van der Waals surface area contributed by atoms with Crippen molar-refractivity contribution in [1.82, 2.24) is 25.4 Å². The van der Waals surface area contributed by atoms with Gasteiger partial charge in [-0.3, -0.25) is 9.59 Å². The second kappa shape index (κ2) is 8.43. The fourth-order valence-electron chi connectivity index (χ4n) is 3.21.